The van der Waals surface area contributed by atoms with Gasteiger partial charge in [-0.2, -0.15) is 4.37 Å². The minimum absolute atomic E-state index is 0.742. The van der Waals surface area contributed by atoms with Gasteiger partial charge in [-0.25, -0.2) is 0 Å². The molecule has 7 heavy (non-hydrogen) atoms. The van der Waals surface area contributed by atoms with Crippen LogP contribution in [-0.2, 0) is 0 Å². The van der Waals surface area contributed by atoms with Gasteiger partial charge in [0.25, 0.3) is 0 Å². The Morgan fingerprint density at radius 2 is 2.57 bits per heavy atom. The summed E-state index contributed by atoms with van der Waals surface area (Å²) in [7, 11) is 0. The van der Waals surface area contributed by atoms with Gasteiger partial charge in [-0.15, -0.1) is 0 Å². The maximum atomic E-state index is 5.30. The predicted molar refractivity (Wildman–Crippen MR) is 34.2 cm³/mol. The third-order valence-electron chi connectivity index (χ3n) is 0.500. The van der Waals surface area contributed by atoms with Crippen LogP contribution in [0.25, 0.3) is 0 Å². The summed E-state index contributed by atoms with van der Waals surface area (Å²) in [6, 6.07) is 1.77. The summed E-state index contributed by atoms with van der Waals surface area (Å²) in [4.78, 5) is 0. The lowest BCUT2D eigenvalue weighted by molar-refractivity contribution is 1.50. The van der Waals surface area contributed by atoms with Crippen LogP contribution in [0.1, 0.15) is 0 Å². The van der Waals surface area contributed by atoms with Crippen molar-refractivity contribution in [3.63, 3.8) is 0 Å². The molecule has 2 N–H and O–H groups in total. The number of anilines is 1. The van der Waals surface area contributed by atoms with Crippen molar-refractivity contribution < 1.29 is 0 Å². The fourth-order valence-electron chi connectivity index (χ4n) is 0.266. The van der Waals surface area contributed by atoms with Crippen molar-refractivity contribution in [3.05, 3.63) is 10.7 Å². The summed E-state index contributed by atoms with van der Waals surface area (Å²) in [5.74, 6) is 0. The summed E-state index contributed by atoms with van der Waals surface area (Å²) < 4.78 is 4.66. The third-order valence-corrected chi connectivity index (χ3v) is 1.76. The van der Waals surface area contributed by atoms with Gasteiger partial charge in [0.15, 0.2) is 0 Å². The molecular weight excluding hydrogens is 176 g/mol. The summed E-state index contributed by atoms with van der Waals surface area (Å²) in [5.41, 5.74) is 5.30. The van der Waals surface area contributed by atoms with E-state index < -0.39 is 0 Å². The first kappa shape index (κ1) is 5.05. The summed E-state index contributed by atoms with van der Waals surface area (Å²) in [6.45, 7) is 0. The molecule has 1 heterocycles. The highest BCUT2D eigenvalue weighted by atomic mass is 79.9. The van der Waals surface area contributed by atoms with E-state index in [9.17, 15) is 0 Å². The Hall–Kier alpha value is -0.0900. The Kier molecular flexibility index (Phi) is 1.30. The molecule has 0 radical (unpaired) electrons. The van der Waals surface area contributed by atoms with Crippen molar-refractivity contribution in [2.24, 2.45) is 0 Å². The summed E-state index contributed by atoms with van der Waals surface area (Å²) in [5, 5.41) is 0.742. The number of hydrogen-bond donors (Lipinski definition) is 1. The van der Waals surface area contributed by atoms with Gasteiger partial charge in [-0.3, -0.25) is 0 Å². The highest BCUT2D eigenvalue weighted by Gasteiger charge is 1.89. The first-order chi connectivity index (χ1) is 3.29. The van der Waals surface area contributed by atoms with Crippen molar-refractivity contribution in [1.29, 1.82) is 0 Å². The molecule has 0 bridgehead atoms. The zero-order valence-corrected chi connectivity index (χ0v) is 5.79. The van der Waals surface area contributed by atoms with Gasteiger partial charge in [0.1, 0.15) is 9.60 Å². The number of nitrogens with zero attached hydrogens (tertiary/aromatic N) is 1. The Labute approximate surface area is 53.6 Å². The number of rotatable bonds is 0. The molecule has 0 aliphatic heterocycles. The normalized spacial score (nSPS) is 9.29. The second-order valence-electron chi connectivity index (χ2n) is 1.05. The zero-order chi connectivity index (χ0) is 5.28. The topological polar surface area (TPSA) is 38.9 Å². The number of hydrogen-bond acceptors (Lipinski definition) is 3. The molecule has 4 heteroatoms. The number of halogens is 1. The molecule has 0 saturated carbocycles. The van der Waals surface area contributed by atoms with Gasteiger partial charge in [0.05, 0.1) is 0 Å². The van der Waals surface area contributed by atoms with Gasteiger partial charge in [0, 0.05) is 6.07 Å². The number of aromatic nitrogens is 1. The number of nitrogen functional groups attached to an aromatic ring is 1. The average Bonchev–Trinajstić information content (AvgIpc) is 1.87. The fourth-order valence-corrected chi connectivity index (χ4v) is 1.29. The average molecular weight is 179 g/mol. The maximum absolute atomic E-state index is 5.30. The standard InChI is InChI=1S/C3H3BrN2S/c4-2-1-3(5)7-6-2/h1H,5H2. The van der Waals surface area contributed by atoms with Crippen LogP contribution in [0.15, 0.2) is 10.7 Å². The molecule has 0 amide bonds. The van der Waals surface area contributed by atoms with E-state index in [1.807, 2.05) is 0 Å². The van der Waals surface area contributed by atoms with E-state index in [1.54, 1.807) is 6.07 Å². The molecular formula is C3H3BrN2S. The van der Waals surface area contributed by atoms with Gasteiger partial charge >= 0.3 is 0 Å². The van der Waals surface area contributed by atoms with Crippen molar-refractivity contribution in [3.8, 4) is 0 Å². The predicted octanol–water partition coefficient (Wildman–Crippen LogP) is 1.49. The van der Waals surface area contributed by atoms with E-state index in [4.69, 9.17) is 5.73 Å². The molecule has 0 aliphatic rings. The first-order valence-corrected chi connectivity index (χ1v) is 3.23. The van der Waals surface area contributed by atoms with Crippen molar-refractivity contribution in [1.82, 2.24) is 4.37 Å². The molecule has 0 aromatic carbocycles. The van der Waals surface area contributed by atoms with E-state index >= 15 is 0 Å². The van der Waals surface area contributed by atoms with Crippen LogP contribution in [0.4, 0.5) is 5.00 Å². The molecule has 0 saturated heterocycles. The van der Waals surface area contributed by atoms with Gasteiger partial charge in [-0.05, 0) is 27.5 Å². The molecule has 0 aliphatic carbocycles. The molecule has 38 valence electrons. The van der Waals surface area contributed by atoms with E-state index in [-0.39, 0.29) is 0 Å². The van der Waals surface area contributed by atoms with Crippen molar-refractivity contribution in [2.75, 3.05) is 5.73 Å². The molecule has 0 fully saturated rings. The Morgan fingerprint density at radius 1 is 1.86 bits per heavy atom. The molecule has 2 nitrogen and oxygen atoms in total. The van der Waals surface area contributed by atoms with Crippen LogP contribution >= 0.6 is 27.5 Å². The highest BCUT2D eigenvalue weighted by Crippen LogP contribution is 2.15. The van der Waals surface area contributed by atoms with Crippen LogP contribution in [0, 0.1) is 0 Å². The molecule has 0 unspecified atom stereocenters. The van der Waals surface area contributed by atoms with E-state index in [0.717, 1.165) is 9.60 Å². The van der Waals surface area contributed by atoms with Crippen molar-refractivity contribution >= 4 is 32.5 Å². The van der Waals surface area contributed by atoms with Gasteiger partial charge < -0.3 is 5.73 Å². The molecule has 0 spiro atoms. The van der Waals surface area contributed by atoms with Crippen LogP contribution in [0.5, 0.6) is 0 Å². The lowest BCUT2D eigenvalue weighted by Crippen LogP contribution is -1.72. The summed E-state index contributed by atoms with van der Waals surface area (Å²) in [6.07, 6.45) is 0. The number of nitrogens with two attached hydrogens (primary N) is 1. The quantitative estimate of drug-likeness (QED) is 0.655. The van der Waals surface area contributed by atoms with Crippen molar-refractivity contribution in [2.45, 2.75) is 0 Å². The molecule has 1 rings (SSSR count). The Balaban J connectivity index is 3.04. The van der Waals surface area contributed by atoms with Gasteiger partial charge in [0.2, 0.25) is 0 Å². The SMILES string of the molecule is Nc1cc(Br)ns1. The van der Waals surface area contributed by atoms with E-state index in [0.29, 0.717) is 0 Å². The Morgan fingerprint density at radius 3 is 2.71 bits per heavy atom. The highest BCUT2D eigenvalue weighted by molar-refractivity contribution is 9.10. The smallest absolute Gasteiger partial charge is 0.122 e. The molecule has 1 aromatic rings. The second-order valence-corrected chi connectivity index (χ2v) is 2.70. The fraction of sp³-hybridized carbons (Fsp3) is 0. The Bertz CT molecular complexity index is 145. The van der Waals surface area contributed by atoms with E-state index in [2.05, 4.69) is 20.3 Å². The molecule has 1 aromatic heterocycles. The lowest BCUT2D eigenvalue weighted by Gasteiger charge is -1.67. The second kappa shape index (κ2) is 1.79. The zero-order valence-electron chi connectivity index (χ0n) is 3.39. The van der Waals surface area contributed by atoms with Crippen LogP contribution in [0.2, 0.25) is 0 Å². The minimum atomic E-state index is 0.742. The monoisotopic (exact) mass is 178 g/mol. The largest absolute Gasteiger partial charge is 0.389 e. The van der Waals surface area contributed by atoms with Crippen LogP contribution < -0.4 is 5.73 Å². The minimum Gasteiger partial charge on any atom is -0.389 e. The lowest BCUT2D eigenvalue weighted by atomic mass is 10.7. The van der Waals surface area contributed by atoms with Crippen LogP contribution in [0.3, 0.4) is 0 Å². The third kappa shape index (κ3) is 1.14. The van der Waals surface area contributed by atoms with Crippen LogP contribution in [-0.4, -0.2) is 4.37 Å². The summed E-state index contributed by atoms with van der Waals surface area (Å²) >= 11 is 4.44. The van der Waals surface area contributed by atoms with E-state index in [1.165, 1.54) is 11.5 Å². The van der Waals surface area contributed by atoms with Gasteiger partial charge in [-0.1, -0.05) is 0 Å². The molecule has 0 atom stereocenters. The first-order valence-electron chi connectivity index (χ1n) is 1.67. The maximum Gasteiger partial charge on any atom is 0.122 e.